The number of rotatable bonds is 2. The third-order valence-corrected chi connectivity index (χ3v) is 2.06. The molecule has 0 saturated heterocycles. The number of non-ortho nitro benzene ring substituents is 1. The van der Waals surface area contributed by atoms with Gasteiger partial charge in [-0.3, -0.25) is 10.1 Å². The average Bonchev–Trinajstić information content (AvgIpc) is 2.30. The van der Waals surface area contributed by atoms with Crippen molar-refractivity contribution in [2.24, 2.45) is 0 Å². The van der Waals surface area contributed by atoms with E-state index in [0.29, 0.717) is 11.1 Å². The quantitative estimate of drug-likeness (QED) is 0.608. The highest BCUT2D eigenvalue weighted by atomic mass is 16.6. The molecule has 16 heavy (non-hydrogen) atoms. The number of aromatic nitrogens is 2. The van der Waals surface area contributed by atoms with Crippen LogP contribution in [0, 0.1) is 10.1 Å². The van der Waals surface area contributed by atoms with Crippen molar-refractivity contribution in [3.05, 3.63) is 46.8 Å². The van der Waals surface area contributed by atoms with E-state index in [1.807, 2.05) is 0 Å². The predicted molar refractivity (Wildman–Crippen MR) is 58.5 cm³/mol. The number of nitro benzene ring substituents is 1. The van der Waals surface area contributed by atoms with E-state index in [9.17, 15) is 10.1 Å². The second-order valence-electron chi connectivity index (χ2n) is 3.14. The van der Waals surface area contributed by atoms with Gasteiger partial charge in [0.15, 0.2) is 0 Å². The Labute approximate surface area is 90.9 Å². The summed E-state index contributed by atoms with van der Waals surface area (Å²) in [5.41, 5.74) is 6.77. The van der Waals surface area contributed by atoms with Crippen molar-refractivity contribution in [2.45, 2.75) is 0 Å². The summed E-state index contributed by atoms with van der Waals surface area (Å²) < 4.78 is 0. The van der Waals surface area contributed by atoms with Crippen LogP contribution in [0.1, 0.15) is 0 Å². The fourth-order valence-corrected chi connectivity index (χ4v) is 1.29. The van der Waals surface area contributed by atoms with Crippen molar-refractivity contribution in [1.82, 2.24) is 9.97 Å². The molecule has 80 valence electrons. The molecule has 0 saturated carbocycles. The second-order valence-corrected chi connectivity index (χ2v) is 3.14. The number of benzene rings is 1. The van der Waals surface area contributed by atoms with Gasteiger partial charge in [0.1, 0.15) is 0 Å². The molecular weight excluding hydrogens is 208 g/mol. The smallest absolute Gasteiger partial charge is 0.270 e. The van der Waals surface area contributed by atoms with Crippen LogP contribution in [0.15, 0.2) is 36.7 Å². The van der Waals surface area contributed by atoms with E-state index >= 15 is 0 Å². The number of nitro groups is 1. The van der Waals surface area contributed by atoms with E-state index in [4.69, 9.17) is 5.73 Å². The van der Waals surface area contributed by atoms with E-state index in [1.54, 1.807) is 12.1 Å². The first-order valence-electron chi connectivity index (χ1n) is 4.49. The molecule has 0 aliphatic heterocycles. The Morgan fingerprint density at radius 3 is 2.50 bits per heavy atom. The molecule has 0 radical (unpaired) electrons. The number of anilines is 1. The van der Waals surface area contributed by atoms with Gasteiger partial charge in [-0.2, -0.15) is 0 Å². The van der Waals surface area contributed by atoms with Crippen LogP contribution in [0.4, 0.5) is 11.6 Å². The molecule has 0 aliphatic carbocycles. The number of hydrogen-bond acceptors (Lipinski definition) is 5. The van der Waals surface area contributed by atoms with E-state index in [1.165, 1.54) is 24.5 Å². The highest BCUT2D eigenvalue weighted by Gasteiger charge is 2.07. The van der Waals surface area contributed by atoms with Gasteiger partial charge in [-0.15, -0.1) is 0 Å². The lowest BCUT2D eigenvalue weighted by atomic mass is 10.1. The number of nitrogen functional groups attached to an aromatic ring is 1. The number of nitrogens with two attached hydrogens (primary N) is 1. The SMILES string of the molecule is Nc1ncc(-c2cccc([N+](=O)[O-])c2)cn1. The second kappa shape index (κ2) is 3.93. The maximum atomic E-state index is 10.6. The summed E-state index contributed by atoms with van der Waals surface area (Å²) in [7, 11) is 0. The summed E-state index contributed by atoms with van der Waals surface area (Å²) in [5, 5.41) is 10.6. The lowest BCUT2D eigenvalue weighted by molar-refractivity contribution is -0.384. The minimum atomic E-state index is -0.443. The van der Waals surface area contributed by atoms with Crippen molar-refractivity contribution in [1.29, 1.82) is 0 Å². The summed E-state index contributed by atoms with van der Waals surface area (Å²) in [4.78, 5) is 17.8. The molecule has 0 atom stereocenters. The van der Waals surface area contributed by atoms with Crippen molar-refractivity contribution in [2.75, 3.05) is 5.73 Å². The Hall–Kier alpha value is -2.50. The molecule has 2 rings (SSSR count). The number of hydrogen-bond donors (Lipinski definition) is 1. The number of nitrogens with zero attached hydrogens (tertiary/aromatic N) is 3. The van der Waals surface area contributed by atoms with E-state index in [2.05, 4.69) is 9.97 Å². The van der Waals surface area contributed by atoms with Crippen LogP contribution in [0.5, 0.6) is 0 Å². The zero-order valence-electron chi connectivity index (χ0n) is 8.20. The van der Waals surface area contributed by atoms with Crippen LogP contribution in [0.3, 0.4) is 0 Å². The maximum Gasteiger partial charge on any atom is 0.270 e. The molecule has 2 N–H and O–H groups in total. The molecule has 0 unspecified atom stereocenters. The van der Waals surface area contributed by atoms with Gasteiger partial charge in [0, 0.05) is 30.1 Å². The lowest BCUT2D eigenvalue weighted by Gasteiger charge is -2.00. The van der Waals surface area contributed by atoms with Crippen LogP contribution >= 0.6 is 0 Å². The van der Waals surface area contributed by atoms with Gasteiger partial charge in [-0.05, 0) is 5.56 Å². The topological polar surface area (TPSA) is 94.9 Å². The first kappa shape index (κ1) is 10.0. The van der Waals surface area contributed by atoms with Crippen molar-refractivity contribution in [3.8, 4) is 11.1 Å². The van der Waals surface area contributed by atoms with Gasteiger partial charge < -0.3 is 5.73 Å². The molecular formula is C10H8N4O2. The van der Waals surface area contributed by atoms with Crippen LogP contribution in [-0.2, 0) is 0 Å². The summed E-state index contributed by atoms with van der Waals surface area (Å²) in [6.45, 7) is 0. The molecule has 1 aromatic heterocycles. The summed E-state index contributed by atoms with van der Waals surface area (Å²) in [6.07, 6.45) is 3.06. The van der Waals surface area contributed by atoms with E-state index in [-0.39, 0.29) is 11.6 Å². The monoisotopic (exact) mass is 216 g/mol. The van der Waals surface area contributed by atoms with Gasteiger partial charge in [0.25, 0.3) is 5.69 Å². The highest BCUT2D eigenvalue weighted by Crippen LogP contribution is 2.22. The largest absolute Gasteiger partial charge is 0.368 e. The average molecular weight is 216 g/mol. The third-order valence-electron chi connectivity index (χ3n) is 2.06. The minimum Gasteiger partial charge on any atom is -0.368 e. The first-order chi connectivity index (χ1) is 7.66. The molecule has 0 bridgehead atoms. The van der Waals surface area contributed by atoms with Crippen molar-refractivity contribution in [3.63, 3.8) is 0 Å². The fraction of sp³-hybridized carbons (Fsp3) is 0. The Balaban J connectivity index is 2.44. The summed E-state index contributed by atoms with van der Waals surface area (Å²) in [5.74, 6) is 0.175. The van der Waals surface area contributed by atoms with Crippen LogP contribution in [0.25, 0.3) is 11.1 Å². The third kappa shape index (κ3) is 1.95. The van der Waals surface area contributed by atoms with Crippen LogP contribution in [0.2, 0.25) is 0 Å². The Morgan fingerprint density at radius 1 is 1.19 bits per heavy atom. The van der Waals surface area contributed by atoms with Gasteiger partial charge in [-0.1, -0.05) is 12.1 Å². The van der Waals surface area contributed by atoms with Gasteiger partial charge in [0.2, 0.25) is 5.95 Å². The molecule has 0 aliphatic rings. The van der Waals surface area contributed by atoms with Crippen LogP contribution < -0.4 is 5.73 Å². The van der Waals surface area contributed by atoms with Crippen molar-refractivity contribution < 1.29 is 4.92 Å². The Morgan fingerprint density at radius 2 is 1.88 bits per heavy atom. The fourth-order valence-electron chi connectivity index (χ4n) is 1.29. The van der Waals surface area contributed by atoms with Gasteiger partial charge in [0.05, 0.1) is 4.92 Å². The summed E-state index contributed by atoms with van der Waals surface area (Å²) >= 11 is 0. The normalized spacial score (nSPS) is 10.0. The highest BCUT2D eigenvalue weighted by molar-refractivity contribution is 5.64. The molecule has 0 fully saturated rings. The molecule has 6 nitrogen and oxygen atoms in total. The maximum absolute atomic E-state index is 10.6. The van der Waals surface area contributed by atoms with E-state index < -0.39 is 4.92 Å². The minimum absolute atomic E-state index is 0.0364. The lowest BCUT2D eigenvalue weighted by Crippen LogP contribution is -1.94. The van der Waals surface area contributed by atoms with Crippen molar-refractivity contribution >= 4 is 11.6 Å². The molecule has 1 aromatic carbocycles. The van der Waals surface area contributed by atoms with Crippen LogP contribution in [-0.4, -0.2) is 14.9 Å². The molecule has 2 aromatic rings. The first-order valence-corrected chi connectivity index (χ1v) is 4.49. The zero-order valence-corrected chi connectivity index (χ0v) is 8.20. The standard InChI is InChI=1S/C10H8N4O2/c11-10-12-5-8(6-13-10)7-2-1-3-9(4-7)14(15)16/h1-6H,(H2,11,12,13). The molecule has 0 amide bonds. The summed E-state index contributed by atoms with van der Waals surface area (Å²) in [6, 6.07) is 6.27. The van der Waals surface area contributed by atoms with Gasteiger partial charge in [-0.25, -0.2) is 9.97 Å². The predicted octanol–water partition coefficient (Wildman–Crippen LogP) is 1.63. The molecule has 0 spiro atoms. The zero-order chi connectivity index (χ0) is 11.5. The molecule has 1 heterocycles. The molecule has 6 heteroatoms. The van der Waals surface area contributed by atoms with Gasteiger partial charge >= 0.3 is 0 Å². The van der Waals surface area contributed by atoms with E-state index in [0.717, 1.165) is 0 Å². The Kier molecular flexibility index (Phi) is 2.47. The Bertz CT molecular complexity index is 525.